The lowest BCUT2D eigenvalue weighted by molar-refractivity contribution is -0.144. The Bertz CT molecular complexity index is 1050. The third-order valence-corrected chi connectivity index (χ3v) is 8.09. The Morgan fingerprint density at radius 1 is 1.26 bits per heavy atom. The summed E-state index contributed by atoms with van der Waals surface area (Å²) in [5, 5.41) is 13.4. The summed E-state index contributed by atoms with van der Waals surface area (Å²) in [4.78, 5) is 17.3. The minimum atomic E-state index is -4.12. The van der Waals surface area contributed by atoms with E-state index in [2.05, 4.69) is 10.3 Å². The second kappa shape index (κ2) is 9.32. The van der Waals surface area contributed by atoms with E-state index in [1.807, 2.05) is 25.1 Å². The number of alkyl halides is 3. The number of ether oxygens (including phenoxy) is 1. The van der Waals surface area contributed by atoms with Crippen molar-refractivity contribution in [3.05, 3.63) is 24.4 Å². The molecule has 2 saturated carbocycles. The molecule has 1 amide bonds. The summed E-state index contributed by atoms with van der Waals surface area (Å²) in [6.45, 7) is 2.91. The second-order valence-corrected chi connectivity index (χ2v) is 11.3. The number of nitrogens with one attached hydrogen (secondary N) is 2. The molecule has 3 aliphatic rings. The molecule has 2 heterocycles. The van der Waals surface area contributed by atoms with Crippen LogP contribution in [0.5, 0.6) is 5.75 Å². The van der Waals surface area contributed by atoms with E-state index >= 15 is 0 Å². The van der Waals surface area contributed by atoms with E-state index in [4.69, 9.17) is 4.74 Å². The fourth-order valence-electron chi connectivity index (χ4n) is 6.58. The van der Waals surface area contributed by atoms with Crippen molar-refractivity contribution < 1.29 is 27.8 Å². The molecule has 2 aromatic rings. The number of carbonyl (C=O) groups excluding carboxylic acids is 1. The molecular weight excluding hydrogens is 459 g/mol. The Balaban J connectivity index is 1.10. The molecule has 6 nitrogen and oxygen atoms in total. The van der Waals surface area contributed by atoms with E-state index in [1.54, 1.807) is 11.1 Å². The van der Waals surface area contributed by atoms with Gasteiger partial charge in [0.05, 0.1) is 24.9 Å². The van der Waals surface area contributed by atoms with Crippen LogP contribution < -0.4 is 10.1 Å². The molecule has 192 valence electrons. The summed E-state index contributed by atoms with van der Waals surface area (Å²) in [5.74, 6) is 1.91. The van der Waals surface area contributed by atoms with Crippen molar-refractivity contribution in [3.8, 4) is 5.75 Å². The van der Waals surface area contributed by atoms with Crippen LogP contribution in [0.3, 0.4) is 0 Å². The number of anilines is 1. The molecule has 1 unspecified atom stereocenters. The quantitative estimate of drug-likeness (QED) is 0.487. The summed E-state index contributed by atoms with van der Waals surface area (Å²) >= 11 is 0. The van der Waals surface area contributed by atoms with Crippen LogP contribution in [0, 0.1) is 23.2 Å². The fourth-order valence-corrected chi connectivity index (χ4v) is 6.58. The van der Waals surface area contributed by atoms with E-state index < -0.39 is 12.7 Å². The van der Waals surface area contributed by atoms with Gasteiger partial charge in [-0.3, -0.25) is 9.69 Å². The number of benzene rings is 1. The van der Waals surface area contributed by atoms with Crippen LogP contribution in [0.1, 0.15) is 45.4 Å². The lowest BCUT2D eigenvalue weighted by atomic mass is 9.66. The minimum Gasteiger partial charge on any atom is -0.494 e. The van der Waals surface area contributed by atoms with Gasteiger partial charge in [-0.25, -0.2) is 0 Å². The molecule has 3 atom stereocenters. The zero-order valence-electron chi connectivity index (χ0n) is 20.0. The molecule has 1 aromatic carbocycles. The zero-order chi connectivity index (χ0) is 24.8. The molecule has 3 fully saturated rings. The Morgan fingerprint density at radius 2 is 1.97 bits per heavy atom. The summed E-state index contributed by atoms with van der Waals surface area (Å²) in [5.41, 5.74) is 1.48. The molecule has 1 aromatic heterocycles. The monoisotopic (exact) mass is 493 g/mol. The number of H-pyrrole nitrogens is 1. The highest BCUT2D eigenvalue weighted by atomic mass is 19.4. The van der Waals surface area contributed by atoms with Crippen LogP contribution in [0.25, 0.3) is 10.9 Å². The maximum atomic E-state index is 12.7. The molecule has 35 heavy (non-hydrogen) atoms. The number of likely N-dealkylation sites (tertiary alicyclic amines) is 1. The molecule has 0 radical (unpaired) electrons. The van der Waals surface area contributed by atoms with Gasteiger partial charge in [0.1, 0.15) is 5.75 Å². The van der Waals surface area contributed by atoms with E-state index in [1.165, 1.54) is 0 Å². The predicted molar refractivity (Wildman–Crippen MR) is 127 cm³/mol. The molecular formula is C26H34F3N3O3. The van der Waals surface area contributed by atoms with Gasteiger partial charge in [-0.2, -0.15) is 13.2 Å². The van der Waals surface area contributed by atoms with Gasteiger partial charge in [-0.15, -0.1) is 0 Å². The van der Waals surface area contributed by atoms with E-state index in [9.17, 15) is 23.1 Å². The van der Waals surface area contributed by atoms with Gasteiger partial charge in [0.15, 0.2) is 0 Å². The Labute approximate surface area is 203 Å². The topological polar surface area (TPSA) is 77.6 Å². The van der Waals surface area contributed by atoms with Gasteiger partial charge < -0.3 is 20.1 Å². The highest BCUT2D eigenvalue weighted by molar-refractivity contribution is 6.02. The Hall–Kier alpha value is -2.26. The first kappa shape index (κ1) is 24.4. The summed E-state index contributed by atoms with van der Waals surface area (Å²) in [6, 6.07) is 5.76. The third kappa shape index (κ3) is 5.77. The van der Waals surface area contributed by atoms with Crippen LogP contribution in [-0.2, 0) is 4.79 Å². The highest BCUT2D eigenvalue weighted by Gasteiger charge is 2.43. The molecule has 5 rings (SSSR count). The molecule has 2 aliphatic carbocycles. The number of aliphatic hydroxyl groups excluding tert-OH is 1. The number of aliphatic hydroxyl groups is 1. The van der Waals surface area contributed by atoms with Crippen molar-refractivity contribution in [3.63, 3.8) is 0 Å². The summed E-state index contributed by atoms with van der Waals surface area (Å²) in [6.07, 6.45) is 1.90. The Morgan fingerprint density at radius 3 is 2.63 bits per heavy atom. The van der Waals surface area contributed by atoms with Crippen LogP contribution >= 0.6 is 0 Å². The SMILES string of the molecule is CC1(CC(=O)Nc2c[nH]c3ccc(OCCC4C[C@@H]5CN(CC(F)(F)F)C[C@@H]5C4)cc23)CC(O)C1. The number of fused-ring (bicyclic) bond motifs is 2. The number of amides is 1. The van der Waals surface area contributed by atoms with Gasteiger partial charge >= 0.3 is 6.18 Å². The molecule has 1 saturated heterocycles. The molecule has 0 spiro atoms. The van der Waals surface area contributed by atoms with Crippen molar-refractivity contribution in [1.29, 1.82) is 0 Å². The first-order valence-corrected chi connectivity index (χ1v) is 12.6. The molecule has 1 aliphatic heterocycles. The molecule has 0 bridgehead atoms. The van der Waals surface area contributed by atoms with Gasteiger partial charge in [0.25, 0.3) is 0 Å². The number of rotatable bonds is 8. The molecule has 3 N–H and O–H groups in total. The average molecular weight is 494 g/mol. The van der Waals surface area contributed by atoms with Crippen LogP contribution in [0.2, 0.25) is 0 Å². The standard InChI is InChI=1S/C26H34F3N3O3/c1-25(9-19(33)10-25)11-24(34)31-23-12-30-22-3-2-20(8-21(22)23)35-5-4-16-6-17-13-32(14-18(17)7-16)15-26(27,28)29/h2-3,8,12,16-19,30,33H,4-7,9-11,13-15H2,1H3,(H,31,34)/t16?,17-,18+,19?,25?. The third-order valence-electron chi connectivity index (χ3n) is 8.09. The summed E-state index contributed by atoms with van der Waals surface area (Å²) < 4.78 is 44.0. The minimum absolute atomic E-state index is 0.0628. The van der Waals surface area contributed by atoms with E-state index in [-0.39, 0.29) is 17.4 Å². The normalized spacial score (nSPS) is 30.9. The predicted octanol–water partition coefficient (Wildman–Crippen LogP) is 4.95. The highest BCUT2D eigenvalue weighted by Crippen LogP contribution is 2.44. The van der Waals surface area contributed by atoms with Gasteiger partial charge in [-0.05, 0) is 73.5 Å². The van der Waals surface area contributed by atoms with Crippen molar-refractivity contribution in [1.82, 2.24) is 9.88 Å². The first-order chi connectivity index (χ1) is 16.6. The van der Waals surface area contributed by atoms with Crippen molar-refractivity contribution in [2.45, 2.75) is 57.7 Å². The summed E-state index contributed by atoms with van der Waals surface area (Å²) in [7, 11) is 0. The fraction of sp³-hybridized carbons (Fsp3) is 0.654. The number of carbonyl (C=O) groups is 1. The van der Waals surface area contributed by atoms with Crippen LogP contribution in [-0.4, -0.2) is 59.4 Å². The number of aromatic nitrogens is 1. The van der Waals surface area contributed by atoms with Crippen LogP contribution in [0.4, 0.5) is 18.9 Å². The zero-order valence-corrected chi connectivity index (χ0v) is 20.0. The number of aromatic amines is 1. The van der Waals surface area contributed by atoms with Crippen LogP contribution in [0.15, 0.2) is 24.4 Å². The largest absolute Gasteiger partial charge is 0.494 e. The van der Waals surface area contributed by atoms with E-state index in [0.29, 0.717) is 62.4 Å². The number of nitrogens with zero attached hydrogens (tertiary/aromatic N) is 1. The Kier molecular flexibility index (Phi) is 6.50. The van der Waals surface area contributed by atoms with Crippen molar-refractivity contribution in [2.75, 3.05) is 31.6 Å². The number of halogens is 3. The van der Waals surface area contributed by atoms with Gasteiger partial charge in [0, 0.05) is 36.6 Å². The van der Waals surface area contributed by atoms with E-state index in [0.717, 1.165) is 35.9 Å². The second-order valence-electron chi connectivity index (χ2n) is 11.3. The lowest BCUT2D eigenvalue weighted by Gasteiger charge is -2.42. The maximum absolute atomic E-state index is 12.7. The smallest absolute Gasteiger partial charge is 0.401 e. The van der Waals surface area contributed by atoms with Gasteiger partial charge in [0.2, 0.25) is 5.91 Å². The first-order valence-electron chi connectivity index (χ1n) is 12.6. The molecule has 9 heteroatoms. The van der Waals surface area contributed by atoms with Gasteiger partial charge in [-0.1, -0.05) is 6.92 Å². The maximum Gasteiger partial charge on any atom is 0.401 e. The number of hydrogen-bond donors (Lipinski definition) is 3. The van der Waals surface area contributed by atoms with Crippen molar-refractivity contribution >= 4 is 22.5 Å². The lowest BCUT2D eigenvalue weighted by Crippen LogP contribution is -2.40. The average Bonchev–Trinajstić information content (AvgIpc) is 3.39. The number of hydrogen-bond acceptors (Lipinski definition) is 4. The van der Waals surface area contributed by atoms with Crippen molar-refractivity contribution in [2.24, 2.45) is 23.2 Å².